The second-order valence-corrected chi connectivity index (χ2v) is 13.3. The van der Waals surface area contributed by atoms with Gasteiger partial charge < -0.3 is 29.9 Å². The van der Waals surface area contributed by atoms with Crippen molar-refractivity contribution >= 4 is 41.4 Å². The molecule has 2 N–H and O–H groups in total. The SMILES string of the molecule is Cc1cc(C[C@H]2NC(=O)c3ccc4c(c3)C[C@]3(C4)C(=O)Nc4ncc(cc43)/C=C/COCCOCCN(C)C2=O)cc2c1N(C)CC=C2. The first kappa shape index (κ1) is 31.8. The Bertz CT molecular complexity index is 1850. The number of hydrogen-bond acceptors (Lipinski definition) is 7. The molecule has 0 radical (unpaired) electrons. The zero-order chi connectivity index (χ0) is 33.4. The van der Waals surface area contributed by atoms with Crippen LogP contribution in [0.25, 0.3) is 12.2 Å². The Morgan fingerprint density at radius 1 is 0.938 bits per heavy atom. The van der Waals surface area contributed by atoms with Crippen LogP contribution in [0.4, 0.5) is 11.5 Å². The number of ether oxygens (including phenoxy) is 2. The number of hydrogen-bond donors (Lipinski definition) is 2. The zero-order valence-corrected chi connectivity index (χ0v) is 27.7. The molecule has 2 atom stereocenters. The molecule has 3 aromatic rings. The molecule has 5 bridgehead atoms. The van der Waals surface area contributed by atoms with E-state index in [0.29, 0.717) is 63.6 Å². The second-order valence-electron chi connectivity index (χ2n) is 13.3. The predicted molar refractivity (Wildman–Crippen MR) is 185 cm³/mol. The van der Waals surface area contributed by atoms with Gasteiger partial charge in [-0.1, -0.05) is 36.4 Å². The summed E-state index contributed by atoms with van der Waals surface area (Å²) in [5, 5.41) is 6.05. The van der Waals surface area contributed by atoms with Gasteiger partial charge in [-0.25, -0.2) is 4.98 Å². The Kier molecular flexibility index (Phi) is 8.61. The molecule has 4 heterocycles. The number of pyridine rings is 1. The minimum absolute atomic E-state index is 0.0822. The first-order valence-corrected chi connectivity index (χ1v) is 16.5. The molecule has 48 heavy (non-hydrogen) atoms. The maximum Gasteiger partial charge on any atom is 0.251 e. The summed E-state index contributed by atoms with van der Waals surface area (Å²) in [7, 11) is 3.81. The highest BCUT2D eigenvalue weighted by molar-refractivity contribution is 6.06. The van der Waals surface area contributed by atoms with E-state index in [9.17, 15) is 14.4 Å². The number of nitrogens with one attached hydrogen (secondary N) is 2. The molecular formula is C38H41N5O5. The van der Waals surface area contributed by atoms with E-state index in [0.717, 1.165) is 45.5 Å². The third-order valence-corrected chi connectivity index (χ3v) is 9.88. The molecule has 7 rings (SSSR count). The Hall–Kier alpha value is -4.80. The largest absolute Gasteiger partial charge is 0.377 e. The number of aryl methyl sites for hydroxylation is 1. The van der Waals surface area contributed by atoms with Crippen LogP contribution in [0.1, 0.15) is 49.3 Å². The van der Waals surface area contributed by atoms with Crippen LogP contribution in [-0.4, -0.2) is 87.3 Å². The molecule has 4 aliphatic rings. The number of carbonyl (C=O) groups is 3. The maximum atomic E-state index is 13.9. The summed E-state index contributed by atoms with van der Waals surface area (Å²) in [6.07, 6.45) is 11.2. The number of likely N-dealkylation sites (N-methyl/N-ethyl adjacent to an activating group) is 2. The van der Waals surface area contributed by atoms with Gasteiger partial charge in [0.2, 0.25) is 11.8 Å². The highest BCUT2D eigenvalue weighted by atomic mass is 16.5. The van der Waals surface area contributed by atoms with Crippen molar-refractivity contribution in [2.75, 3.05) is 63.8 Å². The van der Waals surface area contributed by atoms with Gasteiger partial charge in [-0.2, -0.15) is 0 Å². The monoisotopic (exact) mass is 647 g/mol. The fourth-order valence-electron chi connectivity index (χ4n) is 7.44. The van der Waals surface area contributed by atoms with Crippen molar-refractivity contribution in [1.82, 2.24) is 15.2 Å². The molecule has 0 saturated heterocycles. The molecule has 10 heteroatoms. The molecule has 10 nitrogen and oxygen atoms in total. The summed E-state index contributed by atoms with van der Waals surface area (Å²) in [5.41, 5.74) is 7.76. The summed E-state index contributed by atoms with van der Waals surface area (Å²) in [6, 6.07) is 11.0. The number of fused-ring (bicyclic) bond motifs is 3. The quantitative estimate of drug-likeness (QED) is 0.436. The van der Waals surface area contributed by atoms with Gasteiger partial charge in [-0.3, -0.25) is 14.4 Å². The van der Waals surface area contributed by atoms with E-state index < -0.39 is 11.5 Å². The maximum absolute atomic E-state index is 13.9. The fourth-order valence-corrected chi connectivity index (χ4v) is 7.44. The van der Waals surface area contributed by atoms with Crippen LogP contribution in [0.5, 0.6) is 0 Å². The van der Waals surface area contributed by atoms with Crippen LogP contribution in [0, 0.1) is 6.92 Å². The van der Waals surface area contributed by atoms with E-state index in [2.05, 4.69) is 58.8 Å². The summed E-state index contributed by atoms with van der Waals surface area (Å²) in [6.45, 7) is 4.85. The Morgan fingerprint density at radius 3 is 2.65 bits per heavy atom. The molecule has 3 amide bonds. The van der Waals surface area contributed by atoms with E-state index >= 15 is 0 Å². The standard InChI is InChI=1S/C38H41N5O5/c1-24-16-26(17-27-7-4-10-42(2)33(24)27)19-32-36(45)43(3)11-13-48-15-14-47-12-5-6-25-18-31-34(39-23-25)41-37(46)38(31)21-29-9-8-28(35(44)40-32)20-30(29)22-38/h4-9,16-18,20,23,32H,10-15,19,21-22H2,1-3H3,(H,40,44)(H,39,41,46)/b6-5+/t32-,38+/m1/s1. The molecule has 3 aliphatic heterocycles. The lowest BCUT2D eigenvalue weighted by Gasteiger charge is -2.28. The molecule has 0 fully saturated rings. The Labute approximate surface area is 280 Å². The fraction of sp³-hybridized carbons (Fsp3) is 0.368. The highest BCUT2D eigenvalue weighted by Crippen LogP contribution is 2.47. The Balaban J connectivity index is 1.20. The van der Waals surface area contributed by atoms with Gasteiger partial charge in [0.05, 0.1) is 31.8 Å². The molecule has 0 saturated carbocycles. The van der Waals surface area contributed by atoms with E-state index in [1.807, 2.05) is 30.4 Å². The molecule has 1 spiro atoms. The molecule has 0 unspecified atom stereocenters. The van der Waals surface area contributed by atoms with Crippen molar-refractivity contribution in [3.8, 4) is 0 Å². The second kappa shape index (κ2) is 13.0. The van der Waals surface area contributed by atoms with Crippen molar-refractivity contribution in [3.63, 3.8) is 0 Å². The number of nitrogens with zero attached hydrogens (tertiary/aromatic N) is 3. The predicted octanol–water partition coefficient (Wildman–Crippen LogP) is 3.70. The van der Waals surface area contributed by atoms with Crippen LogP contribution < -0.4 is 15.5 Å². The lowest BCUT2D eigenvalue weighted by molar-refractivity contribution is -0.132. The van der Waals surface area contributed by atoms with Crippen LogP contribution in [-0.2, 0) is 43.7 Å². The van der Waals surface area contributed by atoms with Crippen molar-refractivity contribution < 1.29 is 23.9 Å². The molecular weight excluding hydrogens is 606 g/mol. The Morgan fingerprint density at radius 2 is 1.77 bits per heavy atom. The van der Waals surface area contributed by atoms with Crippen LogP contribution in [0.2, 0.25) is 0 Å². The van der Waals surface area contributed by atoms with Gasteiger partial charge in [0, 0.05) is 56.6 Å². The van der Waals surface area contributed by atoms with Gasteiger partial charge in [0.1, 0.15) is 11.9 Å². The summed E-state index contributed by atoms with van der Waals surface area (Å²) in [5.74, 6) is -0.0288. The molecule has 1 aromatic heterocycles. The van der Waals surface area contributed by atoms with Crippen molar-refractivity contribution in [2.45, 2.75) is 37.6 Å². The van der Waals surface area contributed by atoms with Gasteiger partial charge in [-0.15, -0.1) is 0 Å². The van der Waals surface area contributed by atoms with Gasteiger partial charge >= 0.3 is 0 Å². The lowest BCUT2D eigenvalue weighted by atomic mass is 9.79. The smallest absolute Gasteiger partial charge is 0.251 e. The molecule has 1 aliphatic carbocycles. The third-order valence-electron chi connectivity index (χ3n) is 9.88. The van der Waals surface area contributed by atoms with Crippen molar-refractivity contribution in [3.05, 3.63) is 99.3 Å². The van der Waals surface area contributed by atoms with E-state index in [4.69, 9.17) is 9.47 Å². The van der Waals surface area contributed by atoms with Crippen LogP contribution in [0.3, 0.4) is 0 Å². The van der Waals surface area contributed by atoms with Gasteiger partial charge in [0.25, 0.3) is 5.91 Å². The summed E-state index contributed by atoms with van der Waals surface area (Å²) < 4.78 is 11.5. The van der Waals surface area contributed by atoms with Crippen molar-refractivity contribution in [1.29, 1.82) is 0 Å². The zero-order valence-electron chi connectivity index (χ0n) is 27.7. The molecule has 248 valence electrons. The van der Waals surface area contributed by atoms with Gasteiger partial charge in [0.15, 0.2) is 0 Å². The van der Waals surface area contributed by atoms with Crippen LogP contribution >= 0.6 is 0 Å². The molecule has 2 aromatic carbocycles. The number of amides is 3. The van der Waals surface area contributed by atoms with E-state index in [-0.39, 0.29) is 17.7 Å². The van der Waals surface area contributed by atoms with Crippen molar-refractivity contribution in [2.24, 2.45) is 0 Å². The first-order chi connectivity index (χ1) is 23.2. The number of aromatic nitrogens is 1. The van der Waals surface area contributed by atoms with E-state index in [1.165, 1.54) is 5.69 Å². The lowest BCUT2D eigenvalue weighted by Crippen LogP contribution is -2.49. The number of benzene rings is 2. The first-order valence-electron chi connectivity index (χ1n) is 16.5. The van der Waals surface area contributed by atoms with Crippen LogP contribution in [0.15, 0.2) is 54.7 Å². The van der Waals surface area contributed by atoms with E-state index in [1.54, 1.807) is 24.2 Å². The minimum atomic E-state index is -0.796. The number of carbonyl (C=O) groups excluding carboxylic acids is 3. The normalized spacial score (nSPS) is 23.3. The number of rotatable bonds is 2. The minimum Gasteiger partial charge on any atom is -0.377 e. The summed E-state index contributed by atoms with van der Waals surface area (Å²) in [4.78, 5) is 49.6. The average molecular weight is 648 g/mol. The highest BCUT2D eigenvalue weighted by Gasteiger charge is 2.51. The topological polar surface area (TPSA) is 113 Å². The van der Waals surface area contributed by atoms with Gasteiger partial charge in [-0.05, 0) is 77.4 Å². The number of anilines is 2. The summed E-state index contributed by atoms with van der Waals surface area (Å²) >= 11 is 0. The average Bonchev–Trinajstić information content (AvgIpc) is 3.58. The third kappa shape index (κ3) is 6.02.